The molecule has 1 aliphatic heterocycles. The molecule has 586 valence electrons. The zero-order valence-corrected chi connectivity index (χ0v) is 70.7. The monoisotopic (exact) mass is 1470 g/mol. The van der Waals surface area contributed by atoms with E-state index in [4.69, 9.17) is 4.74 Å². The molecule has 110 heavy (non-hydrogen) atoms. The normalized spacial score (nSPS) is 13.1. The molecular weight excluding hydrogens is 1330 g/mol. The lowest BCUT2D eigenvalue weighted by Crippen LogP contribution is -2.36. The molecule has 2 aliphatic rings. The molecule has 0 unspecified atom stereocenters. The van der Waals surface area contributed by atoms with Crippen LogP contribution in [0.4, 0.5) is 34.1 Å². The first-order chi connectivity index (χ1) is 53.9. The second-order valence-electron chi connectivity index (χ2n) is 33.2. The summed E-state index contributed by atoms with van der Waals surface area (Å²) in [4.78, 5) is 4.82. The highest BCUT2D eigenvalue weighted by molar-refractivity contribution is 5.86. The van der Waals surface area contributed by atoms with Crippen LogP contribution < -0.4 is 14.5 Å². The summed E-state index contributed by atoms with van der Waals surface area (Å²) in [7, 11) is 0. The summed E-state index contributed by atoms with van der Waals surface area (Å²) in [6.07, 6.45) is 51.0. The average Bonchev–Trinajstić information content (AvgIpc) is 1.52. The molecule has 0 N–H and O–H groups in total. The van der Waals surface area contributed by atoms with Crippen molar-refractivity contribution in [2.24, 2.45) is 0 Å². The van der Waals surface area contributed by atoms with E-state index in [-0.39, 0.29) is 11.0 Å². The molecule has 0 spiro atoms. The summed E-state index contributed by atoms with van der Waals surface area (Å²) in [5.74, 6) is 1.11. The van der Waals surface area contributed by atoms with Gasteiger partial charge in [0.15, 0.2) is 0 Å². The molecule has 0 radical (unpaired) electrons. The van der Waals surface area contributed by atoms with E-state index in [9.17, 15) is 0 Å². The van der Waals surface area contributed by atoms with E-state index in [0.717, 1.165) is 60.6 Å². The minimum Gasteiger partial charge on any atom is -0.482 e. The van der Waals surface area contributed by atoms with E-state index >= 15 is 0 Å². The standard InChI is InChI=1S/C69H84N2.C38H58O/c1-7-11-15-17-19-21-49-69(50-22-20-18-16-12-8-2)67-51-54(6)27-47-65(67)66-48-34-58(52-68(66)69)57-32-41-62(42-33-57)71(61-39-30-56(31-40-61)24-14-10-4)64-45-43-63(44-46-64)70(59-35-25-53(5)26-36-59)60-37-28-55(29-38-60)23-13-9-3;1-6-10-13-15-17-20-27-38(28-21-18-16-14-11-7-2)36-29-31(5)23-25-34(36)35-26-24-33(30-37(35)39-38)32(9-4)22-19-12-8-3/h25-48,51-52H,7-24,49-50H2,1-6H3;9,23-26,29-30H,6-8,10-22,27-28H2,1-5H3. The third kappa shape index (κ3) is 22.7. The van der Waals surface area contributed by atoms with Crippen LogP contribution in [-0.2, 0) is 23.9 Å². The molecule has 0 atom stereocenters. The van der Waals surface area contributed by atoms with Gasteiger partial charge in [-0.05, 0) is 251 Å². The molecule has 0 saturated carbocycles. The van der Waals surface area contributed by atoms with Crippen LogP contribution in [0, 0.1) is 20.8 Å². The van der Waals surface area contributed by atoms with Gasteiger partial charge in [0.25, 0.3) is 0 Å². The second-order valence-corrected chi connectivity index (χ2v) is 33.2. The minimum atomic E-state index is -0.208. The van der Waals surface area contributed by atoms with Crippen molar-refractivity contribution < 1.29 is 4.74 Å². The number of hydrogen-bond acceptors (Lipinski definition) is 3. The Hall–Kier alpha value is -7.88. The first-order valence-corrected chi connectivity index (χ1v) is 44.8. The van der Waals surface area contributed by atoms with E-state index < -0.39 is 0 Å². The molecule has 0 fully saturated rings. The van der Waals surface area contributed by atoms with Crippen LogP contribution in [0.1, 0.15) is 337 Å². The van der Waals surface area contributed by atoms with Crippen molar-refractivity contribution in [3.63, 3.8) is 0 Å². The SMILES string of the molecule is CC=C(CCCCC)c1ccc2c(c1)OC(CCCCCCCC)(CCCCCCCC)c1cc(C)ccc1-2.CCCCCCCCC1(CCCCCCCC)c2cc(C)ccc2-c2ccc(-c3ccc(N(c4ccc(CCCC)cc4)c4ccc(N(c5ccc(C)cc5)c5ccc(CCCC)cc5)cc4)cc3)cc21. The van der Waals surface area contributed by atoms with Gasteiger partial charge in [-0.3, -0.25) is 0 Å². The zero-order valence-electron chi connectivity index (χ0n) is 70.7. The molecule has 0 saturated heterocycles. The number of aryl methyl sites for hydroxylation is 5. The summed E-state index contributed by atoms with van der Waals surface area (Å²) in [6, 6.07) is 75.0. The van der Waals surface area contributed by atoms with Gasteiger partial charge in [0.1, 0.15) is 11.4 Å². The largest absolute Gasteiger partial charge is 0.482 e. The van der Waals surface area contributed by atoms with Gasteiger partial charge in [-0.25, -0.2) is 0 Å². The average molecular weight is 1470 g/mol. The lowest BCUT2D eigenvalue weighted by Gasteiger charge is -2.41. The number of ether oxygens (including phenoxy) is 1. The molecule has 3 heteroatoms. The van der Waals surface area contributed by atoms with Crippen molar-refractivity contribution in [2.45, 2.75) is 331 Å². The molecule has 9 aromatic carbocycles. The Balaban J connectivity index is 0.000000279. The molecular formula is C107H142N2O. The molecule has 9 aromatic rings. The van der Waals surface area contributed by atoms with Gasteiger partial charge in [0, 0.05) is 50.7 Å². The van der Waals surface area contributed by atoms with Crippen LogP contribution >= 0.6 is 0 Å². The first kappa shape index (κ1) is 84.6. The van der Waals surface area contributed by atoms with Gasteiger partial charge in [-0.15, -0.1) is 0 Å². The minimum absolute atomic E-state index is 0.0571. The van der Waals surface area contributed by atoms with Gasteiger partial charge in [0.2, 0.25) is 0 Å². The van der Waals surface area contributed by atoms with E-state index in [2.05, 4.69) is 286 Å². The van der Waals surface area contributed by atoms with Crippen LogP contribution in [0.5, 0.6) is 5.75 Å². The number of hydrogen-bond donors (Lipinski definition) is 0. The van der Waals surface area contributed by atoms with E-state index in [1.54, 1.807) is 11.1 Å². The van der Waals surface area contributed by atoms with Gasteiger partial charge in [-0.2, -0.15) is 0 Å². The summed E-state index contributed by atoms with van der Waals surface area (Å²) in [5.41, 5.74) is 29.2. The summed E-state index contributed by atoms with van der Waals surface area (Å²) in [5, 5.41) is 0. The fraction of sp³-hybridized carbons (Fsp3) is 0.477. The number of allylic oxidation sites excluding steroid dienone is 2. The summed E-state index contributed by atoms with van der Waals surface area (Å²) in [6.45, 7) is 25.0. The molecule has 1 heterocycles. The number of fused-ring (bicyclic) bond motifs is 6. The maximum absolute atomic E-state index is 7.29. The predicted molar refractivity (Wildman–Crippen MR) is 483 cm³/mol. The maximum Gasteiger partial charge on any atom is 0.135 e. The van der Waals surface area contributed by atoms with E-state index in [0.29, 0.717) is 0 Å². The third-order valence-electron chi connectivity index (χ3n) is 24.5. The first-order valence-electron chi connectivity index (χ1n) is 44.8. The highest BCUT2D eigenvalue weighted by atomic mass is 16.5. The Bertz CT molecular complexity index is 4160. The van der Waals surface area contributed by atoms with Crippen molar-refractivity contribution in [2.75, 3.05) is 9.80 Å². The van der Waals surface area contributed by atoms with E-state index in [1.165, 1.54) is 301 Å². The zero-order chi connectivity index (χ0) is 77.3. The van der Waals surface area contributed by atoms with Crippen LogP contribution in [0.25, 0.3) is 39.0 Å². The lowest BCUT2D eigenvalue weighted by molar-refractivity contribution is 0.0385. The number of nitrogens with zero attached hydrogens (tertiary/aromatic N) is 2. The lowest BCUT2D eigenvalue weighted by atomic mass is 9.70. The highest BCUT2D eigenvalue weighted by Crippen LogP contribution is 2.56. The Morgan fingerprint density at radius 1 is 0.300 bits per heavy atom. The quantitative estimate of drug-likeness (QED) is 0.0354. The van der Waals surface area contributed by atoms with Crippen LogP contribution in [0.2, 0.25) is 0 Å². The Morgan fingerprint density at radius 2 is 0.636 bits per heavy atom. The summed E-state index contributed by atoms with van der Waals surface area (Å²) < 4.78 is 7.29. The van der Waals surface area contributed by atoms with Crippen molar-refractivity contribution in [1.82, 2.24) is 0 Å². The highest BCUT2D eigenvalue weighted by Gasteiger charge is 2.43. The second kappa shape index (κ2) is 44.4. The van der Waals surface area contributed by atoms with Gasteiger partial charge in [0.05, 0.1) is 0 Å². The Kier molecular flexibility index (Phi) is 34.1. The number of rotatable bonds is 46. The molecule has 0 aromatic heterocycles. The van der Waals surface area contributed by atoms with Crippen LogP contribution in [-0.4, -0.2) is 0 Å². The van der Waals surface area contributed by atoms with Crippen LogP contribution in [0.3, 0.4) is 0 Å². The Morgan fingerprint density at radius 3 is 1.08 bits per heavy atom. The van der Waals surface area contributed by atoms with E-state index in [1.807, 2.05) is 0 Å². The molecule has 11 rings (SSSR count). The number of unbranched alkanes of at least 4 members (excludes halogenated alkanes) is 24. The maximum atomic E-state index is 7.29. The summed E-state index contributed by atoms with van der Waals surface area (Å²) >= 11 is 0. The molecule has 0 amide bonds. The van der Waals surface area contributed by atoms with Gasteiger partial charge >= 0.3 is 0 Å². The van der Waals surface area contributed by atoms with Crippen molar-refractivity contribution >= 4 is 39.7 Å². The van der Waals surface area contributed by atoms with Crippen molar-refractivity contribution in [1.29, 1.82) is 0 Å². The fourth-order valence-electron chi connectivity index (χ4n) is 17.9. The smallest absolute Gasteiger partial charge is 0.135 e. The third-order valence-corrected chi connectivity index (χ3v) is 24.5. The van der Waals surface area contributed by atoms with Gasteiger partial charge in [-0.1, -0.05) is 347 Å². The predicted octanol–water partition coefficient (Wildman–Crippen LogP) is 34.1. The Labute approximate surface area is 670 Å². The molecule has 1 aliphatic carbocycles. The topological polar surface area (TPSA) is 15.7 Å². The fourth-order valence-corrected chi connectivity index (χ4v) is 17.9. The van der Waals surface area contributed by atoms with Crippen molar-refractivity contribution in [3.8, 4) is 39.1 Å². The van der Waals surface area contributed by atoms with Crippen LogP contribution in [0.15, 0.2) is 200 Å². The molecule has 0 bridgehead atoms. The van der Waals surface area contributed by atoms with Gasteiger partial charge < -0.3 is 14.5 Å². The van der Waals surface area contributed by atoms with Crippen molar-refractivity contribution in [3.05, 3.63) is 250 Å². The molecule has 3 nitrogen and oxygen atoms in total. The number of anilines is 6. The number of benzene rings is 9.